The van der Waals surface area contributed by atoms with E-state index in [0.29, 0.717) is 17.8 Å². The maximum Gasteiger partial charge on any atom is 0.274 e. The van der Waals surface area contributed by atoms with Gasteiger partial charge in [-0.25, -0.2) is 4.98 Å². The molecule has 0 aromatic carbocycles. The molecule has 0 radical (unpaired) electrons. The van der Waals surface area contributed by atoms with Gasteiger partial charge in [0.05, 0.1) is 6.20 Å². The second-order valence-electron chi connectivity index (χ2n) is 6.85. The van der Waals surface area contributed by atoms with Crippen LogP contribution in [-0.4, -0.2) is 70.6 Å². The third-order valence-corrected chi connectivity index (χ3v) is 5.57. The Hall–Kier alpha value is -1.53. The van der Waals surface area contributed by atoms with Crippen LogP contribution >= 0.6 is 0 Å². The van der Waals surface area contributed by atoms with E-state index in [0.717, 1.165) is 51.6 Å². The van der Waals surface area contributed by atoms with E-state index in [2.05, 4.69) is 14.9 Å². The van der Waals surface area contributed by atoms with Crippen LogP contribution in [0.25, 0.3) is 0 Å². The van der Waals surface area contributed by atoms with E-state index in [1.807, 2.05) is 4.90 Å². The molecule has 3 saturated heterocycles. The zero-order chi connectivity index (χ0) is 15.6. The second kappa shape index (κ2) is 6.53. The lowest BCUT2D eigenvalue weighted by Gasteiger charge is -2.30. The smallest absolute Gasteiger partial charge is 0.274 e. The number of fused-ring (bicyclic) bond motifs is 1. The van der Waals surface area contributed by atoms with Gasteiger partial charge >= 0.3 is 0 Å². The molecule has 0 spiro atoms. The van der Waals surface area contributed by atoms with Gasteiger partial charge in [-0.2, -0.15) is 0 Å². The zero-order valence-corrected chi connectivity index (χ0v) is 13.4. The van der Waals surface area contributed by atoms with Crippen molar-refractivity contribution >= 4 is 5.91 Å². The van der Waals surface area contributed by atoms with Crippen LogP contribution in [0.5, 0.6) is 0 Å². The number of likely N-dealkylation sites (tertiary alicyclic amines) is 2. The van der Waals surface area contributed by atoms with E-state index in [9.17, 15) is 4.79 Å². The van der Waals surface area contributed by atoms with Crippen molar-refractivity contribution < 1.29 is 9.53 Å². The summed E-state index contributed by atoms with van der Waals surface area (Å²) in [5.41, 5.74) is 0.469. The van der Waals surface area contributed by atoms with Crippen molar-refractivity contribution in [3.63, 3.8) is 0 Å². The van der Waals surface area contributed by atoms with Gasteiger partial charge in [0, 0.05) is 57.3 Å². The van der Waals surface area contributed by atoms with E-state index in [1.54, 1.807) is 18.6 Å². The molecule has 0 saturated carbocycles. The molecule has 124 valence electrons. The molecule has 0 aliphatic carbocycles. The van der Waals surface area contributed by atoms with E-state index < -0.39 is 0 Å². The van der Waals surface area contributed by atoms with E-state index in [1.165, 1.54) is 12.8 Å². The van der Waals surface area contributed by atoms with Crippen LogP contribution in [0.4, 0.5) is 0 Å². The van der Waals surface area contributed by atoms with Crippen LogP contribution < -0.4 is 0 Å². The van der Waals surface area contributed by atoms with Crippen LogP contribution in [0.3, 0.4) is 0 Å². The fourth-order valence-electron chi connectivity index (χ4n) is 4.37. The molecular weight excluding hydrogens is 292 g/mol. The fourth-order valence-corrected chi connectivity index (χ4v) is 4.37. The van der Waals surface area contributed by atoms with Gasteiger partial charge < -0.3 is 9.64 Å². The first kappa shape index (κ1) is 15.0. The highest BCUT2D eigenvalue weighted by Crippen LogP contribution is 2.33. The third-order valence-electron chi connectivity index (χ3n) is 5.57. The molecule has 3 fully saturated rings. The summed E-state index contributed by atoms with van der Waals surface area (Å²) in [6, 6.07) is 0.878. The van der Waals surface area contributed by atoms with Gasteiger partial charge in [-0.3, -0.25) is 14.7 Å². The summed E-state index contributed by atoms with van der Waals surface area (Å²) >= 11 is 0. The van der Waals surface area contributed by atoms with Crippen molar-refractivity contribution in [3.05, 3.63) is 24.3 Å². The molecule has 23 heavy (non-hydrogen) atoms. The van der Waals surface area contributed by atoms with Crippen LogP contribution in [-0.2, 0) is 4.74 Å². The average Bonchev–Trinajstić information content (AvgIpc) is 3.19. The molecule has 2 atom stereocenters. The Bertz CT molecular complexity index is 547. The van der Waals surface area contributed by atoms with Gasteiger partial charge in [-0.1, -0.05) is 0 Å². The van der Waals surface area contributed by atoms with Crippen molar-refractivity contribution in [1.29, 1.82) is 0 Å². The van der Waals surface area contributed by atoms with E-state index in [-0.39, 0.29) is 5.91 Å². The van der Waals surface area contributed by atoms with Crippen LogP contribution in [0, 0.1) is 5.92 Å². The Morgan fingerprint density at radius 3 is 2.74 bits per heavy atom. The minimum absolute atomic E-state index is 0.0403. The van der Waals surface area contributed by atoms with Gasteiger partial charge in [0.25, 0.3) is 5.91 Å². The number of hydrogen-bond acceptors (Lipinski definition) is 5. The third kappa shape index (κ3) is 2.97. The molecule has 0 N–H and O–H groups in total. The second-order valence-corrected chi connectivity index (χ2v) is 6.85. The number of carbonyl (C=O) groups is 1. The van der Waals surface area contributed by atoms with Gasteiger partial charge in [0.15, 0.2) is 0 Å². The van der Waals surface area contributed by atoms with Crippen molar-refractivity contribution in [2.24, 2.45) is 5.92 Å². The lowest BCUT2D eigenvalue weighted by atomic mass is 9.99. The lowest BCUT2D eigenvalue weighted by Crippen LogP contribution is -2.41. The Kier molecular flexibility index (Phi) is 4.27. The summed E-state index contributed by atoms with van der Waals surface area (Å²) in [4.78, 5) is 25.5. The molecule has 6 heteroatoms. The number of hydrogen-bond donors (Lipinski definition) is 0. The highest BCUT2D eigenvalue weighted by atomic mass is 16.5. The number of aromatic nitrogens is 2. The van der Waals surface area contributed by atoms with Crippen molar-refractivity contribution in [2.45, 2.75) is 37.8 Å². The van der Waals surface area contributed by atoms with Crippen molar-refractivity contribution in [1.82, 2.24) is 19.8 Å². The van der Waals surface area contributed by atoms with E-state index >= 15 is 0 Å². The minimum atomic E-state index is 0.0403. The Labute approximate surface area is 136 Å². The molecule has 4 rings (SSSR count). The number of ether oxygens (including phenoxy) is 1. The summed E-state index contributed by atoms with van der Waals surface area (Å²) < 4.78 is 5.46. The van der Waals surface area contributed by atoms with Gasteiger partial charge in [-0.05, 0) is 31.6 Å². The van der Waals surface area contributed by atoms with Crippen LogP contribution in [0.2, 0.25) is 0 Å². The predicted octanol–water partition coefficient (Wildman–Crippen LogP) is 1.19. The number of rotatable bonds is 3. The maximum absolute atomic E-state index is 12.7. The molecule has 1 amide bonds. The first-order valence-electron chi connectivity index (χ1n) is 8.71. The molecule has 4 heterocycles. The van der Waals surface area contributed by atoms with Crippen molar-refractivity contribution in [3.8, 4) is 0 Å². The lowest BCUT2D eigenvalue weighted by molar-refractivity contribution is 0.0502. The average molecular weight is 316 g/mol. The SMILES string of the molecule is O=C(c1cnccn1)N1CC[C@H]2[C@H]1CCN2CC1CCOCC1. The van der Waals surface area contributed by atoms with Crippen LogP contribution in [0.15, 0.2) is 18.6 Å². The number of carbonyl (C=O) groups excluding carboxylic acids is 1. The molecule has 0 unspecified atom stereocenters. The summed E-state index contributed by atoms with van der Waals surface area (Å²) in [7, 11) is 0. The van der Waals surface area contributed by atoms with Crippen LogP contribution in [0.1, 0.15) is 36.2 Å². The molecule has 6 nitrogen and oxygen atoms in total. The standard InChI is InChI=1S/C17H24N4O2/c22-17(14-11-18-5-6-19-14)21-8-2-15-16(21)1-7-20(15)12-13-3-9-23-10-4-13/h5-6,11,13,15-16H,1-4,7-10,12H2/t15-,16+/m0/s1. The highest BCUT2D eigenvalue weighted by Gasteiger charge is 2.45. The fraction of sp³-hybridized carbons (Fsp3) is 0.706. The zero-order valence-electron chi connectivity index (χ0n) is 13.4. The van der Waals surface area contributed by atoms with E-state index in [4.69, 9.17) is 4.74 Å². The largest absolute Gasteiger partial charge is 0.381 e. The molecular formula is C17H24N4O2. The Morgan fingerprint density at radius 2 is 1.96 bits per heavy atom. The normalized spacial score (nSPS) is 29.0. The number of amides is 1. The Morgan fingerprint density at radius 1 is 1.13 bits per heavy atom. The summed E-state index contributed by atoms with van der Waals surface area (Å²) in [5.74, 6) is 0.797. The predicted molar refractivity (Wildman–Crippen MR) is 85.0 cm³/mol. The summed E-state index contributed by atoms with van der Waals surface area (Å²) in [6.45, 7) is 4.93. The monoisotopic (exact) mass is 316 g/mol. The first-order valence-corrected chi connectivity index (χ1v) is 8.71. The molecule has 1 aromatic heterocycles. The van der Waals surface area contributed by atoms with Gasteiger partial charge in [0.1, 0.15) is 5.69 Å². The number of nitrogens with zero attached hydrogens (tertiary/aromatic N) is 4. The minimum Gasteiger partial charge on any atom is -0.381 e. The molecule has 3 aliphatic rings. The van der Waals surface area contributed by atoms with Gasteiger partial charge in [0.2, 0.25) is 0 Å². The van der Waals surface area contributed by atoms with Crippen molar-refractivity contribution in [2.75, 3.05) is 32.8 Å². The molecule has 1 aromatic rings. The summed E-state index contributed by atoms with van der Waals surface area (Å²) in [6.07, 6.45) is 9.29. The topological polar surface area (TPSA) is 58.6 Å². The quantitative estimate of drug-likeness (QED) is 0.838. The molecule has 3 aliphatic heterocycles. The van der Waals surface area contributed by atoms with Gasteiger partial charge in [-0.15, -0.1) is 0 Å². The molecule has 0 bridgehead atoms. The maximum atomic E-state index is 12.7. The highest BCUT2D eigenvalue weighted by molar-refractivity contribution is 5.92. The Balaban J connectivity index is 1.40. The first-order chi connectivity index (χ1) is 11.3. The summed E-state index contributed by atoms with van der Waals surface area (Å²) in [5, 5.41) is 0.